The van der Waals surface area contributed by atoms with Gasteiger partial charge in [0.05, 0.1) is 6.61 Å². The van der Waals surface area contributed by atoms with Crippen molar-refractivity contribution < 1.29 is 9.84 Å². The molecule has 1 aromatic rings. The van der Waals surface area contributed by atoms with Gasteiger partial charge in [-0.05, 0) is 25.7 Å². The molecule has 102 valence electrons. The molecule has 5 nitrogen and oxygen atoms in total. The highest BCUT2D eigenvalue weighted by Gasteiger charge is 2.24. The third kappa shape index (κ3) is 3.40. The van der Waals surface area contributed by atoms with Crippen LogP contribution in [0.4, 0.5) is 5.13 Å². The summed E-state index contributed by atoms with van der Waals surface area (Å²) < 4.78 is 9.41. The van der Waals surface area contributed by atoms with Gasteiger partial charge in [0.2, 0.25) is 5.13 Å². The van der Waals surface area contributed by atoms with Crippen LogP contribution < -0.4 is 4.90 Å². The van der Waals surface area contributed by atoms with Gasteiger partial charge in [-0.1, -0.05) is 0 Å². The molecular formula is C12H21N3O2S. The van der Waals surface area contributed by atoms with Crippen molar-refractivity contribution in [2.45, 2.75) is 38.1 Å². The molecule has 1 aliphatic rings. The lowest BCUT2D eigenvalue weighted by Gasteiger charge is -2.34. The number of ether oxygens (including phenoxy) is 1. The van der Waals surface area contributed by atoms with E-state index in [1.165, 1.54) is 24.4 Å². The van der Waals surface area contributed by atoms with E-state index in [4.69, 9.17) is 9.84 Å². The first-order valence-electron chi connectivity index (χ1n) is 6.54. The van der Waals surface area contributed by atoms with E-state index < -0.39 is 0 Å². The molecule has 0 saturated carbocycles. The van der Waals surface area contributed by atoms with E-state index >= 15 is 0 Å². The average molecular weight is 271 g/mol. The minimum Gasteiger partial charge on any atom is -0.396 e. The maximum absolute atomic E-state index is 9.13. The Morgan fingerprint density at radius 2 is 2.39 bits per heavy atom. The van der Waals surface area contributed by atoms with Crippen LogP contribution in [0.1, 0.15) is 31.5 Å². The molecule has 0 bridgehead atoms. The largest absolute Gasteiger partial charge is 0.396 e. The van der Waals surface area contributed by atoms with Crippen molar-refractivity contribution >= 4 is 16.7 Å². The van der Waals surface area contributed by atoms with Crippen LogP contribution in [0, 0.1) is 0 Å². The summed E-state index contributed by atoms with van der Waals surface area (Å²) in [6.07, 6.45) is 5.19. The van der Waals surface area contributed by atoms with Gasteiger partial charge in [0.1, 0.15) is 5.82 Å². The van der Waals surface area contributed by atoms with Crippen LogP contribution in [0.25, 0.3) is 0 Å². The van der Waals surface area contributed by atoms with Crippen molar-refractivity contribution in [2.75, 3.05) is 31.8 Å². The van der Waals surface area contributed by atoms with Gasteiger partial charge in [-0.25, -0.2) is 4.98 Å². The first-order valence-corrected chi connectivity index (χ1v) is 7.31. The quantitative estimate of drug-likeness (QED) is 0.849. The van der Waals surface area contributed by atoms with Gasteiger partial charge >= 0.3 is 0 Å². The van der Waals surface area contributed by atoms with Gasteiger partial charge in [-0.2, -0.15) is 4.37 Å². The summed E-state index contributed by atoms with van der Waals surface area (Å²) in [5.74, 6) is 0.866. The molecule has 1 aromatic heterocycles. The molecule has 1 saturated heterocycles. The van der Waals surface area contributed by atoms with Crippen molar-refractivity contribution in [1.29, 1.82) is 0 Å². The zero-order valence-corrected chi connectivity index (χ0v) is 11.7. The highest BCUT2D eigenvalue weighted by Crippen LogP contribution is 2.27. The van der Waals surface area contributed by atoms with Gasteiger partial charge < -0.3 is 14.7 Å². The third-order valence-electron chi connectivity index (χ3n) is 3.32. The number of aliphatic hydroxyl groups is 1. The number of methoxy groups -OCH3 is 1. The second kappa shape index (κ2) is 7.01. The summed E-state index contributed by atoms with van der Waals surface area (Å²) in [5.41, 5.74) is 0. The highest BCUT2D eigenvalue weighted by atomic mass is 32.1. The summed E-state index contributed by atoms with van der Waals surface area (Å²) in [6.45, 7) is 1.94. The van der Waals surface area contributed by atoms with E-state index in [0.717, 1.165) is 36.8 Å². The normalized spacial score (nSPS) is 20.3. The Morgan fingerprint density at radius 1 is 1.50 bits per heavy atom. The van der Waals surface area contributed by atoms with E-state index in [2.05, 4.69) is 14.3 Å². The van der Waals surface area contributed by atoms with Gasteiger partial charge in [0.25, 0.3) is 0 Å². The number of aromatic nitrogens is 2. The molecule has 1 aliphatic heterocycles. The fraction of sp³-hybridized carbons (Fsp3) is 0.833. The molecule has 6 heteroatoms. The van der Waals surface area contributed by atoms with Crippen molar-refractivity contribution in [2.24, 2.45) is 0 Å². The maximum atomic E-state index is 9.13. The summed E-state index contributed by atoms with van der Waals surface area (Å²) in [6, 6.07) is 0.423. The van der Waals surface area contributed by atoms with Crippen molar-refractivity contribution in [3.05, 3.63) is 5.82 Å². The molecule has 1 atom stereocenters. The zero-order valence-electron chi connectivity index (χ0n) is 10.8. The number of rotatable bonds is 6. The lowest BCUT2D eigenvalue weighted by molar-refractivity contribution is 0.201. The molecule has 18 heavy (non-hydrogen) atoms. The van der Waals surface area contributed by atoms with E-state index in [0.29, 0.717) is 12.6 Å². The lowest BCUT2D eigenvalue weighted by atomic mass is 10.0. The minimum atomic E-state index is 0.247. The molecule has 0 spiro atoms. The molecule has 1 N–H and O–H groups in total. The van der Waals surface area contributed by atoms with Crippen LogP contribution in [0.2, 0.25) is 0 Å². The van der Waals surface area contributed by atoms with E-state index in [1.807, 2.05) is 0 Å². The van der Waals surface area contributed by atoms with E-state index in [9.17, 15) is 0 Å². The van der Waals surface area contributed by atoms with Crippen LogP contribution in [0.5, 0.6) is 0 Å². The third-order valence-corrected chi connectivity index (χ3v) is 4.11. The molecule has 0 aliphatic carbocycles. The van der Waals surface area contributed by atoms with Crippen molar-refractivity contribution in [1.82, 2.24) is 9.36 Å². The van der Waals surface area contributed by atoms with Crippen LogP contribution in [0.3, 0.4) is 0 Å². The van der Waals surface area contributed by atoms with Gasteiger partial charge in [-0.3, -0.25) is 0 Å². The van der Waals surface area contributed by atoms with Gasteiger partial charge in [0.15, 0.2) is 0 Å². The van der Waals surface area contributed by atoms with Crippen LogP contribution in [-0.4, -0.2) is 47.4 Å². The monoisotopic (exact) mass is 271 g/mol. The molecule has 2 rings (SSSR count). The van der Waals surface area contributed by atoms with Crippen molar-refractivity contribution in [3.63, 3.8) is 0 Å². The second-order valence-corrected chi connectivity index (χ2v) is 5.32. The van der Waals surface area contributed by atoms with Crippen LogP contribution in [0.15, 0.2) is 0 Å². The summed E-state index contributed by atoms with van der Waals surface area (Å²) in [5, 5.41) is 10.1. The van der Waals surface area contributed by atoms with E-state index in [-0.39, 0.29) is 6.61 Å². The Morgan fingerprint density at radius 3 is 3.17 bits per heavy atom. The maximum Gasteiger partial charge on any atom is 0.205 e. The Hall–Kier alpha value is -0.720. The first kappa shape index (κ1) is 13.7. The zero-order chi connectivity index (χ0) is 12.8. The summed E-state index contributed by atoms with van der Waals surface area (Å²) in [4.78, 5) is 6.89. The Bertz CT molecular complexity index is 357. The molecular weight excluding hydrogens is 250 g/mol. The summed E-state index contributed by atoms with van der Waals surface area (Å²) in [7, 11) is 1.69. The number of hydrogen-bond donors (Lipinski definition) is 1. The summed E-state index contributed by atoms with van der Waals surface area (Å²) >= 11 is 1.46. The molecule has 0 aromatic carbocycles. The molecule has 1 unspecified atom stereocenters. The topological polar surface area (TPSA) is 58.5 Å². The molecule has 0 radical (unpaired) electrons. The van der Waals surface area contributed by atoms with Crippen LogP contribution >= 0.6 is 11.5 Å². The van der Waals surface area contributed by atoms with E-state index in [1.54, 1.807) is 7.11 Å². The SMILES string of the molecule is COCCc1nsc(N2CCCCC2CCO)n1. The smallest absolute Gasteiger partial charge is 0.205 e. The predicted molar refractivity (Wildman–Crippen MR) is 72.2 cm³/mol. The number of hydrogen-bond acceptors (Lipinski definition) is 6. The fourth-order valence-electron chi connectivity index (χ4n) is 2.36. The predicted octanol–water partition coefficient (Wildman–Crippen LogP) is 1.47. The number of piperidine rings is 1. The molecule has 2 heterocycles. The Labute approximate surface area is 112 Å². The minimum absolute atomic E-state index is 0.247. The fourth-order valence-corrected chi connectivity index (χ4v) is 3.17. The Kier molecular flexibility index (Phi) is 5.34. The Balaban J connectivity index is 2.01. The molecule has 0 amide bonds. The average Bonchev–Trinajstić information content (AvgIpc) is 2.86. The second-order valence-electron chi connectivity index (χ2n) is 4.59. The van der Waals surface area contributed by atoms with Crippen molar-refractivity contribution in [3.8, 4) is 0 Å². The first-order chi connectivity index (χ1) is 8.85. The number of aliphatic hydroxyl groups excluding tert-OH is 1. The lowest BCUT2D eigenvalue weighted by Crippen LogP contribution is -2.40. The van der Waals surface area contributed by atoms with Crippen LogP contribution in [-0.2, 0) is 11.2 Å². The van der Waals surface area contributed by atoms with Gasteiger partial charge in [0, 0.05) is 44.3 Å². The van der Waals surface area contributed by atoms with Gasteiger partial charge in [-0.15, -0.1) is 0 Å². The highest BCUT2D eigenvalue weighted by molar-refractivity contribution is 7.09. The number of nitrogens with zero attached hydrogens (tertiary/aromatic N) is 3. The standard InChI is InChI=1S/C12H21N3O2S/c1-17-9-6-11-13-12(18-14-11)15-7-3-2-4-10(15)5-8-16/h10,16H,2-9H2,1H3. The molecule has 1 fully saturated rings. The number of anilines is 1.